The van der Waals surface area contributed by atoms with Gasteiger partial charge < -0.3 is 9.47 Å². The lowest BCUT2D eigenvalue weighted by molar-refractivity contribution is 0.0522. The minimum absolute atomic E-state index is 0.175. The maximum Gasteiger partial charge on any atom is 0.338 e. The maximum absolute atomic E-state index is 11.9. The molecule has 98 valence electrons. The van der Waals surface area contributed by atoms with Crippen molar-refractivity contribution in [2.24, 2.45) is 0 Å². The number of ether oxygens (including phenoxy) is 2. The van der Waals surface area contributed by atoms with Gasteiger partial charge in [0.05, 0.1) is 24.7 Å². The molecule has 0 aliphatic carbocycles. The molecule has 18 heavy (non-hydrogen) atoms. The minimum Gasteiger partial charge on any atom is -0.497 e. The molecule has 0 aliphatic rings. The summed E-state index contributed by atoms with van der Waals surface area (Å²) in [4.78, 5) is 23.7. The van der Waals surface area contributed by atoms with Crippen LogP contribution in [0, 0.1) is 0 Å². The first-order valence-corrected chi connectivity index (χ1v) is 5.98. The van der Waals surface area contributed by atoms with Gasteiger partial charge in [-0.15, -0.1) is 11.6 Å². The Labute approximate surface area is 111 Å². The van der Waals surface area contributed by atoms with Crippen molar-refractivity contribution in [1.29, 1.82) is 0 Å². The van der Waals surface area contributed by atoms with Gasteiger partial charge in [-0.3, -0.25) is 4.79 Å². The van der Waals surface area contributed by atoms with E-state index in [2.05, 4.69) is 0 Å². The average molecular weight is 271 g/mol. The molecular weight excluding hydrogens is 256 g/mol. The number of ketones is 1. The second-order valence-corrected chi connectivity index (χ2v) is 4.27. The molecule has 0 radical (unpaired) electrons. The van der Waals surface area contributed by atoms with Crippen molar-refractivity contribution in [2.45, 2.75) is 19.2 Å². The highest BCUT2D eigenvalue weighted by Crippen LogP contribution is 2.21. The van der Waals surface area contributed by atoms with Gasteiger partial charge in [-0.05, 0) is 32.0 Å². The molecule has 4 nitrogen and oxygen atoms in total. The minimum atomic E-state index is -0.702. The number of Topliss-reactive ketones (excluding diaryl/α,β-unsaturated/α-hetero) is 1. The summed E-state index contributed by atoms with van der Waals surface area (Å²) in [5.41, 5.74) is 0.422. The van der Waals surface area contributed by atoms with Gasteiger partial charge in [-0.1, -0.05) is 0 Å². The summed E-state index contributed by atoms with van der Waals surface area (Å²) in [5, 5.41) is -0.702. The highest BCUT2D eigenvalue weighted by molar-refractivity contribution is 6.34. The Hall–Kier alpha value is -1.55. The molecule has 1 aromatic rings. The third kappa shape index (κ3) is 3.23. The van der Waals surface area contributed by atoms with E-state index in [-0.39, 0.29) is 23.5 Å². The van der Waals surface area contributed by atoms with Gasteiger partial charge in [0.15, 0.2) is 5.78 Å². The van der Waals surface area contributed by atoms with Crippen LogP contribution in [0.5, 0.6) is 5.75 Å². The average Bonchev–Trinajstić information content (AvgIpc) is 2.37. The first kappa shape index (κ1) is 14.5. The number of carbonyl (C=O) groups excluding carboxylic acids is 2. The Kier molecular flexibility index (Phi) is 5.16. The van der Waals surface area contributed by atoms with Crippen molar-refractivity contribution in [1.82, 2.24) is 0 Å². The Balaban J connectivity index is 3.24. The van der Waals surface area contributed by atoms with Gasteiger partial charge in [0.1, 0.15) is 5.75 Å². The molecule has 0 fully saturated rings. The fourth-order valence-corrected chi connectivity index (χ4v) is 1.57. The Morgan fingerprint density at radius 2 is 2.00 bits per heavy atom. The maximum atomic E-state index is 11.9. The van der Waals surface area contributed by atoms with Crippen LogP contribution in [0.1, 0.15) is 34.6 Å². The van der Waals surface area contributed by atoms with E-state index in [0.29, 0.717) is 5.75 Å². The van der Waals surface area contributed by atoms with Crippen LogP contribution in [0.3, 0.4) is 0 Å². The lowest BCUT2D eigenvalue weighted by atomic mass is 10.0. The van der Waals surface area contributed by atoms with Gasteiger partial charge in [0.25, 0.3) is 0 Å². The molecule has 1 atom stereocenters. The van der Waals surface area contributed by atoms with E-state index in [1.165, 1.54) is 19.2 Å². The monoisotopic (exact) mass is 270 g/mol. The Bertz CT molecular complexity index is 454. The van der Waals surface area contributed by atoms with Crippen LogP contribution < -0.4 is 4.74 Å². The van der Waals surface area contributed by atoms with E-state index in [1.54, 1.807) is 19.9 Å². The number of esters is 1. The summed E-state index contributed by atoms with van der Waals surface area (Å²) in [7, 11) is 1.48. The predicted octanol–water partition coefficient (Wildman–Crippen LogP) is 2.68. The molecule has 1 aromatic carbocycles. The molecule has 0 saturated carbocycles. The van der Waals surface area contributed by atoms with E-state index in [4.69, 9.17) is 21.1 Å². The standard InChI is InChI=1S/C13H15ClO4/c1-4-18-13(16)11-7-9(17-3)5-6-10(11)12(15)8(2)14/h5-8H,4H2,1-3H3. The van der Waals surface area contributed by atoms with E-state index in [0.717, 1.165) is 0 Å². The van der Waals surface area contributed by atoms with Crippen LogP contribution in [0.15, 0.2) is 18.2 Å². The number of hydrogen-bond acceptors (Lipinski definition) is 4. The van der Waals surface area contributed by atoms with Crippen molar-refractivity contribution < 1.29 is 19.1 Å². The first-order valence-electron chi connectivity index (χ1n) is 5.54. The predicted molar refractivity (Wildman–Crippen MR) is 68.6 cm³/mol. The summed E-state index contributed by atoms with van der Waals surface area (Å²) in [5.74, 6) is -0.392. The summed E-state index contributed by atoms with van der Waals surface area (Å²) < 4.78 is 9.93. The van der Waals surface area contributed by atoms with Crippen LogP contribution in [-0.4, -0.2) is 30.8 Å². The quantitative estimate of drug-likeness (QED) is 0.469. The lowest BCUT2D eigenvalue weighted by Crippen LogP contribution is -2.17. The molecular formula is C13H15ClO4. The third-order valence-corrected chi connectivity index (χ3v) is 2.55. The third-order valence-electron chi connectivity index (χ3n) is 2.35. The highest BCUT2D eigenvalue weighted by Gasteiger charge is 2.21. The molecule has 0 heterocycles. The second-order valence-electron chi connectivity index (χ2n) is 3.61. The number of methoxy groups -OCH3 is 1. The number of carbonyl (C=O) groups is 2. The van der Waals surface area contributed by atoms with Crippen LogP contribution in [0.2, 0.25) is 0 Å². The van der Waals surface area contributed by atoms with Gasteiger partial charge in [-0.25, -0.2) is 4.79 Å². The van der Waals surface area contributed by atoms with Gasteiger partial charge in [0, 0.05) is 5.56 Å². The molecule has 0 bridgehead atoms. The molecule has 0 amide bonds. The number of benzene rings is 1. The fourth-order valence-electron chi connectivity index (χ4n) is 1.46. The van der Waals surface area contributed by atoms with Crippen LogP contribution >= 0.6 is 11.6 Å². The Morgan fingerprint density at radius 1 is 1.33 bits per heavy atom. The molecule has 0 aromatic heterocycles. The van der Waals surface area contributed by atoms with Gasteiger partial charge in [0.2, 0.25) is 0 Å². The smallest absolute Gasteiger partial charge is 0.338 e. The normalized spacial score (nSPS) is 11.8. The van der Waals surface area contributed by atoms with Crippen molar-refractivity contribution in [3.8, 4) is 5.75 Å². The van der Waals surface area contributed by atoms with Crippen molar-refractivity contribution in [2.75, 3.05) is 13.7 Å². The molecule has 0 N–H and O–H groups in total. The van der Waals surface area contributed by atoms with E-state index in [1.807, 2.05) is 0 Å². The van der Waals surface area contributed by atoms with E-state index < -0.39 is 11.3 Å². The van der Waals surface area contributed by atoms with Crippen LogP contribution in [-0.2, 0) is 4.74 Å². The molecule has 1 unspecified atom stereocenters. The largest absolute Gasteiger partial charge is 0.497 e. The summed E-state index contributed by atoms with van der Waals surface area (Å²) >= 11 is 5.76. The van der Waals surface area contributed by atoms with Gasteiger partial charge >= 0.3 is 5.97 Å². The SMILES string of the molecule is CCOC(=O)c1cc(OC)ccc1C(=O)C(C)Cl. The Morgan fingerprint density at radius 3 is 2.50 bits per heavy atom. The molecule has 0 aliphatic heterocycles. The van der Waals surface area contributed by atoms with Crippen molar-refractivity contribution in [3.63, 3.8) is 0 Å². The number of alkyl halides is 1. The van der Waals surface area contributed by atoms with E-state index >= 15 is 0 Å². The summed E-state index contributed by atoms with van der Waals surface area (Å²) in [6, 6.07) is 4.60. The molecule has 0 saturated heterocycles. The first-order chi connectivity index (χ1) is 8.51. The lowest BCUT2D eigenvalue weighted by Gasteiger charge is -2.10. The second kappa shape index (κ2) is 6.40. The number of rotatable bonds is 5. The highest BCUT2D eigenvalue weighted by atomic mass is 35.5. The molecule has 5 heteroatoms. The zero-order valence-electron chi connectivity index (χ0n) is 10.5. The van der Waals surface area contributed by atoms with Crippen LogP contribution in [0.25, 0.3) is 0 Å². The van der Waals surface area contributed by atoms with E-state index in [9.17, 15) is 9.59 Å². The zero-order chi connectivity index (χ0) is 13.7. The van der Waals surface area contributed by atoms with Gasteiger partial charge in [-0.2, -0.15) is 0 Å². The fraction of sp³-hybridized carbons (Fsp3) is 0.385. The van der Waals surface area contributed by atoms with Crippen molar-refractivity contribution >= 4 is 23.4 Å². The van der Waals surface area contributed by atoms with Crippen LogP contribution in [0.4, 0.5) is 0 Å². The topological polar surface area (TPSA) is 52.6 Å². The van der Waals surface area contributed by atoms with Crippen molar-refractivity contribution in [3.05, 3.63) is 29.3 Å². The molecule has 1 rings (SSSR count). The summed E-state index contributed by atoms with van der Waals surface area (Å²) in [6.07, 6.45) is 0. The summed E-state index contributed by atoms with van der Waals surface area (Å²) in [6.45, 7) is 3.49. The molecule has 0 spiro atoms. The number of halogens is 1. The number of hydrogen-bond donors (Lipinski definition) is 0. The zero-order valence-corrected chi connectivity index (χ0v) is 11.3.